The first kappa shape index (κ1) is 18.8. The number of ether oxygens (including phenoxy) is 3. The van der Waals surface area contributed by atoms with E-state index in [0.29, 0.717) is 27.9 Å². The molecule has 0 fully saturated rings. The second-order valence-electron chi connectivity index (χ2n) is 6.08. The number of nitrogens with zero attached hydrogens (tertiary/aromatic N) is 1. The third-order valence-corrected chi connectivity index (χ3v) is 5.14. The fourth-order valence-corrected chi connectivity index (χ4v) is 3.69. The molecule has 7 heteroatoms. The number of aromatic nitrogens is 1. The van der Waals surface area contributed by atoms with Gasteiger partial charge in [-0.05, 0) is 42.5 Å². The second kappa shape index (κ2) is 8.20. The van der Waals surface area contributed by atoms with E-state index in [0.717, 1.165) is 16.0 Å². The number of nitrogens with one attached hydrogen (secondary N) is 1. The number of rotatable bonds is 6. The largest absolute Gasteiger partial charge is 0.497 e. The summed E-state index contributed by atoms with van der Waals surface area (Å²) in [5, 5.41) is 3.33. The zero-order valence-corrected chi connectivity index (χ0v) is 16.7. The van der Waals surface area contributed by atoms with Gasteiger partial charge in [-0.15, -0.1) is 0 Å². The van der Waals surface area contributed by atoms with Gasteiger partial charge in [-0.3, -0.25) is 10.1 Å². The van der Waals surface area contributed by atoms with Gasteiger partial charge in [-0.25, -0.2) is 4.98 Å². The van der Waals surface area contributed by atoms with Crippen molar-refractivity contribution in [1.29, 1.82) is 0 Å². The molecular formula is C22H18N2O4S. The molecule has 1 amide bonds. The van der Waals surface area contributed by atoms with E-state index < -0.39 is 0 Å². The fourth-order valence-electron chi connectivity index (χ4n) is 2.80. The first-order valence-corrected chi connectivity index (χ1v) is 9.65. The smallest absolute Gasteiger partial charge is 0.261 e. The van der Waals surface area contributed by atoms with Crippen LogP contribution < -0.4 is 19.5 Å². The lowest BCUT2D eigenvalue weighted by Crippen LogP contribution is -2.13. The summed E-state index contributed by atoms with van der Waals surface area (Å²) < 4.78 is 17.3. The van der Waals surface area contributed by atoms with Crippen LogP contribution in [0.15, 0.2) is 66.7 Å². The van der Waals surface area contributed by atoms with Crippen molar-refractivity contribution in [3.05, 3.63) is 72.3 Å². The van der Waals surface area contributed by atoms with Crippen LogP contribution in [-0.2, 0) is 0 Å². The predicted octanol–water partition coefficient (Wildman–Crippen LogP) is 5.36. The second-order valence-corrected chi connectivity index (χ2v) is 7.11. The highest BCUT2D eigenvalue weighted by Crippen LogP contribution is 2.32. The van der Waals surface area contributed by atoms with Crippen LogP contribution in [0.3, 0.4) is 0 Å². The van der Waals surface area contributed by atoms with E-state index in [1.54, 1.807) is 25.3 Å². The molecule has 6 nitrogen and oxygen atoms in total. The standard InChI is InChI=1S/C22H18N2O4S/c1-26-15-9-11-19(27-2)17(12-15)21(25)24-22-23-18-10-8-16(13-20(18)29-22)28-14-6-4-3-5-7-14/h3-13H,1-2H3,(H,23,24,25). The van der Waals surface area contributed by atoms with Gasteiger partial charge in [0.25, 0.3) is 5.91 Å². The number of fused-ring (bicyclic) bond motifs is 1. The Bertz CT molecular complexity index is 1160. The van der Waals surface area contributed by atoms with Crippen molar-refractivity contribution >= 4 is 32.6 Å². The lowest BCUT2D eigenvalue weighted by molar-refractivity contribution is 0.102. The molecule has 29 heavy (non-hydrogen) atoms. The molecule has 1 heterocycles. The van der Waals surface area contributed by atoms with Crippen LogP contribution in [0, 0.1) is 0 Å². The molecule has 1 aromatic heterocycles. The molecule has 4 rings (SSSR count). The van der Waals surface area contributed by atoms with Crippen LogP contribution in [0.5, 0.6) is 23.0 Å². The Labute approximate surface area is 171 Å². The van der Waals surface area contributed by atoms with Gasteiger partial charge in [0.1, 0.15) is 23.0 Å². The predicted molar refractivity (Wildman–Crippen MR) is 114 cm³/mol. The Morgan fingerprint density at radius 2 is 1.69 bits per heavy atom. The van der Waals surface area contributed by atoms with Crippen molar-refractivity contribution in [3.8, 4) is 23.0 Å². The molecule has 3 aromatic carbocycles. The lowest BCUT2D eigenvalue weighted by atomic mass is 10.2. The summed E-state index contributed by atoms with van der Waals surface area (Å²) >= 11 is 1.37. The molecule has 0 bridgehead atoms. The highest BCUT2D eigenvalue weighted by Gasteiger charge is 2.16. The number of thiazole rings is 1. The summed E-state index contributed by atoms with van der Waals surface area (Å²) in [5.74, 6) is 2.18. The molecule has 0 atom stereocenters. The molecule has 4 aromatic rings. The molecule has 0 saturated heterocycles. The molecule has 0 aliphatic heterocycles. The SMILES string of the molecule is COc1ccc(OC)c(C(=O)Nc2nc3ccc(Oc4ccccc4)cc3s2)c1. The normalized spacial score (nSPS) is 10.6. The quantitative estimate of drug-likeness (QED) is 0.467. The minimum Gasteiger partial charge on any atom is -0.497 e. The fraction of sp³-hybridized carbons (Fsp3) is 0.0909. The summed E-state index contributed by atoms with van der Waals surface area (Å²) in [7, 11) is 3.07. The van der Waals surface area contributed by atoms with Gasteiger partial charge in [0.05, 0.1) is 30.0 Å². The third-order valence-electron chi connectivity index (χ3n) is 4.21. The van der Waals surface area contributed by atoms with E-state index in [2.05, 4.69) is 10.3 Å². The molecule has 0 unspecified atom stereocenters. The maximum absolute atomic E-state index is 12.7. The molecule has 0 spiro atoms. The number of hydrogen-bond donors (Lipinski definition) is 1. The van der Waals surface area contributed by atoms with Gasteiger partial charge in [-0.1, -0.05) is 29.5 Å². The van der Waals surface area contributed by atoms with Crippen molar-refractivity contribution in [2.24, 2.45) is 0 Å². The van der Waals surface area contributed by atoms with Crippen molar-refractivity contribution in [2.45, 2.75) is 0 Å². The molecule has 0 aliphatic carbocycles. The summed E-state index contributed by atoms with van der Waals surface area (Å²) in [6.07, 6.45) is 0. The van der Waals surface area contributed by atoms with Crippen molar-refractivity contribution < 1.29 is 19.0 Å². The summed E-state index contributed by atoms with van der Waals surface area (Å²) in [5.41, 5.74) is 1.16. The maximum Gasteiger partial charge on any atom is 0.261 e. The third kappa shape index (κ3) is 4.14. The van der Waals surface area contributed by atoms with Crippen molar-refractivity contribution in [2.75, 3.05) is 19.5 Å². The van der Waals surface area contributed by atoms with Crippen LogP contribution in [-0.4, -0.2) is 25.1 Å². The number of para-hydroxylation sites is 1. The number of amides is 1. The van der Waals surface area contributed by atoms with Crippen LogP contribution >= 0.6 is 11.3 Å². The minimum absolute atomic E-state index is 0.319. The van der Waals surface area contributed by atoms with Gasteiger partial charge in [0.15, 0.2) is 5.13 Å². The van der Waals surface area contributed by atoms with E-state index in [1.807, 2.05) is 48.5 Å². The number of carbonyl (C=O) groups is 1. The van der Waals surface area contributed by atoms with Gasteiger partial charge >= 0.3 is 0 Å². The van der Waals surface area contributed by atoms with Crippen LogP contribution in [0.4, 0.5) is 5.13 Å². The van der Waals surface area contributed by atoms with E-state index in [4.69, 9.17) is 14.2 Å². The Balaban J connectivity index is 1.56. The van der Waals surface area contributed by atoms with Crippen molar-refractivity contribution in [1.82, 2.24) is 4.98 Å². The van der Waals surface area contributed by atoms with Crippen molar-refractivity contribution in [3.63, 3.8) is 0 Å². The number of benzene rings is 3. The average Bonchev–Trinajstić information content (AvgIpc) is 3.15. The zero-order chi connectivity index (χ0) is 20.2. The van der Waals surface area contributed by atoms with E-state index in [-0.39, 0.29) is 5.91 Å². The summed E-state index contributed by atoms with van der Waals surface area (Å²) in [4.78, 5) is 17.2. The first-order chi connectivity index (χ1) is 14.2. The Morgan fingerprint density at radius 3 is 2.45 bits per heavy atom. The van der Waals surface area contributed by atoms with Gasteiger partial charge < -0.3 is 14.2 Å². The van der Waals surface area contributed by atoms with Gasteiger partial charge in [0.2, 0.25) is 0 Å². The van der Waals surface area contributed by atoms with Gasteiger partial charge in [-0.2, -0.15) is 0 Å². The average molecular weight is 406 g/mol. The van der Waals surface area contributed by atoms with E-state index in [9.17, 15) is 4.79 Å². The number of methoxy groups -OCH3 is 2. The van der Waals surface area contributed by atoms with E-state index in [1.165, 1.54) is 18.4 Å². The van der Waals surface area contributed by atoms with Crippen LogP contribution in [0.1, 0.15) is 10.4 Å². The Morgan fingerprint density at radius 1 is 0.897 bits per heavy atom. The highest BCUT2D eigenvalue weighted by atomic mass is 32.1. The molecule has 0 saturated carbocycles. The monoisotopic (exact) mass is 406 g/mol. The number of hydrogen-bond acceptors (Lipinski definition) is 6. The number of anilines is 1. The van der Waals surface area contributed by atoms with Crippen LogP contribution in [0.25, 0.3) is 10.2 Å². The maximum atomic E-state index is 12.7. The Kier molecular flexibility index (Phi) is 5.31. The topological polar surface area (TPSA) is 69.7 Å². The van der Waals surface area contributed by atoms with Gasteiger partial charge in [0, 0.05) is 6.07 Å². The molecule has 1 N–H and O–H groups in total. The molecule has 0 radical (unpaired) electrons. The summed E-state index contributed by atoms with van der Waals surface area (Å²) in [6.45, 7) is 0. The first-order valence-electron chi connectivity index (χ1n) is 8.83. The molecule has 0 aliphatic rings. The summed E-state index contributed by atoms with van der Waals surface area (Å²) in [6, 6.07) is 20.2. The van der Waals surface area contributed by atoms with Crippen LogP contribution in [0.2, 0.25) is 0 Å². The molecule has 146 valence electrons. The highest BCUT2D eigenvalue weighted by molar-refractivity contribution is 7.22. The lowest BCUT2D eigenvalue weighted by Gasteiger charge is -2.09. The number of carbonyl (C=O) groups excluding carboxylic acids is 1. The zero-order valence-electron chi connectivity index (χ0n) is 15.8. The molecular weight excluding hydrogens is 388 g/mol. The van der Waals surface area contributed by atoms with E-state index >= 15 is 0 Å². The minimum atomic E-state index is -0.319. The Hall–Kier alpha value is -3.58.